The summed E-state index contributed by atoms with van der Waals surface area (Å²) in [4.78, 5) is 0. The maximum atomic E-state index is 8.82. The summed E-state index contributed by atoms with van der Waals surface area (Å²) >= 11 is 6.01. The first-order valence-electron chi connectivity index (χ1n) is 6.22. The van der Waals surface area contributed by atoms with Crippen LogP contribution in [0.4, 0.5) is 5.69 Å². The van der Waals surface area contributed by atoms with Gasteiger partial charge in [-0.2, -0.15) is 5.26 Å². The van der Waals surface area contributed by atoms with Gasteiger partial charge in [0.15, 0.2) is 0 Å². The Bertz CT molecular complexity index is 448. The van der Waals surface area contributed by atoms with Crippen molar-refractivity contribution >= 4 is 17.3 Å². The van der Waals surface area contributed by atoms with Crippen molar-refractivity contribution in [2.75, 3.05) is 12.4 Å². The SMILES string of the molecule is COC1CCC(Nc2ccc(C#N)c(Cl)c2)CC1. The Morgan fingerprint density at radius 1 is 1.33 bits per heavy atom. The Hall–Kier alpha value is -1.24. The van der Waals surface area contributed by atoms with E-state index < -0.39 is 0 Å². The lowest BCUT2D eigenvalue weighted by atomic mass is 9.93. The third-order valence-corrected chi connectivity index (χ3v) is 3.78. The van der Waals surface area contributed by atoms with E-state index in [4.69, 9.17) is 21.6 Å². The van der Waals surface area contributed by atoms with Crippen molar-refractivity contribution in [3.05, 3.63) is 28.8 Å². The highest BCUT2D eigenvalue weighted by molar-refractivity contribution is 6.32. The normalized spacial score (nSPS) is 23.4. The van der Waals surface area contributed by atoms with Crippen LogP contribution in [0.2, 0.25) is 5.02 Å². The van der Waals surface area contributed by atoms with Gasteiger partial charge in [-0.3, -0.25) is 0 Å². The molecule has 0 radical (unpaired) electrons. The molecule has 0 aromatic heterocycles. The van der Waals surface area contributed by atoms with Crippen LogP contribution < -0.4 is 5.32 Å². The van der Waals surface area contributed by atoms with E-state index in [1.165, 1.54) is 0 Å². The van der Waals surface area contributed by atoms with Gasteiger partial charge in [0.25, 0.3) is 0 Å². The van der Waals surface area contributed by atoms with E-state index in [1.807, 2.05) is 12.1 Å². The van der Waals surface area contributed by atoms with Crippen LogP contribution in [0.5, 0.6) is 0 Å². The van der Waals surface area contributed by atoms with Crippen LogP contribution in [0.25, 0.3) is 0 Å². The molecule has 0 heterocycles. The number of ether oxygens (including phenoxy) is 1. The molecule has 1 N–H and O–H groups in total. The molecule has 2 rings (SSSR count). The topological polar surface area (TPSA) is 45.0 Å². The van der Waals surface area contributed by atoms with E-state index in [1.54, 1.807) is 13.2 Å². The van der Waals surface area contributed by atoms with Crippen LogP contribution in [0.1, 0.15) is 31.2 Å². The highest BCUT2D eigenvalue weighted by atomic mass is 35.5. The summed E-state index contributed by atoms with van der Waals surface area (Å²) in [6.07, 6.45) is 4.82. The molecule has 0 aliphatic heterocycles. The molecule has 0 amide bonds. The number of nitrogens with one attached hydrogen (secondary N) is 1. The first-order chi connectivity index (χ1) is 8.72. The molecule has 1 fully saturated rings. The summed E-state index contributed by atoms with van der Waals surface area (Å²) in [5.41, 5.74) is 1.50. The lowest BCUT2D eigenvalue weighted by Gasteiger charge is -2.29. The second-order valence-corrected chi connectivity index (χ2v) is 5.07. The van der Waals surface area contributed by atoms with Crippen LogP contribution in [-0.4, -0.2) is 19.3 Å². The van der Waals surface area contributed by atoms with E-state index >= 15 is 0 Å². The van der Waals surface area contributed by atoms with Crippen LogP contribution in [0.3, 0.4) is 0 Å². The molecule has 0 saturated heterocycles. The fourth-order valence-corrected chi connectivity index (χ4v) is 2.60. The van der Waals surface area contributed by atoms with Crippen LogP contribution in [0, 0.1) is 11.3 Å². The summed E-state index contributed by atoms with van der Waals surface area (Å²) in [7, 11) is 1.78. The molecular weight excluding hydrogens is 248 g/mol. The van der Waals surface area contributed by atoms with Gasteiger partial charge >= 0.3 is 0 Å². The molecule has 0 atom stereocenters. The molecule has 0 spiro atoms. The Kier molecular flexibility index (Phi) is 4.46. The fourth-order valence-electron chi connectivity index (χ4n) is 2.37. The van der Waals surface area contributed by atoms with Crippen molar-refractivity contribution in [3.8, 4) is 6.07 Å². The molecule has 3 nitrogen and oxygen atoms in total. The molecular formula is C14H17ClN2O. The molecule has 1 aliphatic carbocycles. The van der Waals surface area contributed by atoms with E-state index in [9.17, 15) is 0 Å². The fraction of sp³-hybridized carbons (Fsp3) is 0.500. The molecule has 4 heteroatoms. The van der Waals surface area contributed by atoms with Crippen molar-refractivity contribution in [2.45, 2.75) is 37.8 Å². The number of hydrogen-bond donors (Lipinski definition) is 1. The minimum atomic E-state index is 0.410. The molecule has 1 saturated carbocycles. The smallest absolute Gasteiger partial charge is 0.101 e. The molecule has 18 heavy (non-hydrogen) atoms. The number of methoxy groups -OCH3 is 1. The van der Waals surface area contributed by atoms with Crippen molar-refractivity contribution in [1.29, 1.82) is 5.26 Å². The van der Waals surface area contributed by atoms with Crippen LogP contribution >= 0.6 is 11.6 Å². The predicted octanol–water partition coefficient (Wildman–Crippen LogP) is 3.58. The van der Waals surface area contributed by atoms with Gasteiger partial charge in [-0.1, -0.05) is 11.6 Å². The first-order valence-corrected chi connectivity index (χ1v) is 6.59. The zero-order chi connectivity index (χ0) is 13.0. The molecule has 0 bridgehead atoms. The van der Waals surface area contributed by atoms with Gasteiger partial charge in [-0.05, 0) is 43.9 Å². The number of halogens is 1. The average molecular weight is 265 g/mol. The Morgan fingerprint density at radius 2 is 2.06 bits per heavy atom. The average Bonchev–Trinajstić information content (AvgIpc) is 2.40. The molecule has 1 aromatic carbocycles. The number of anilines is 1. The minimum absolute atomic E-state index is 0.410. The summed E-state index contributed by atoms with van der Waals surface area (Å²) in [5, 5.41) is 12.8. The third-order valence-electron chi connectivity index (χ3n) is 3.47. The van der Waals surface area contributed by atoms with Crippen molar-refractivity contribution in [1.82, 2.24) is 0 Å². The summed E-state index contributed by atoms with van der Waals surface area (Å²) in [6.45, 7) is 0. The number of benzene rings is 1. The summed E-state index contributed by atoms with van der Waals surface area (Å²) < 4.78 is 5.35. The monoisotopic (exact) mass is 264 g/mol. The van der Waals surface area contributed by atoms with E-state index in [0.717, 1.165) is 31.4 Å². The van der Waals surface area contributed by atoms with E-state index in [2.05, 4.69) is 11.4 Å². The van der Waals surface area contributed by atoms with Crippen LogP contribution in [0.15, 0.2) is 18.2 Å². The number of rotatable bonds is 3. The van der Waals surface area contributed by atoms with Crippen molar-refractivity contribution < 1.29 is 4.74 Å². The van der Waals surface area contributed by atoms with Gasteiger partial charge in [0.2, 0.25) is 0 Å². The lowest BCUT2D eigenvalue weighted by Crippen LogP contribution is -2.29. The maximum Gasteiger partial charge on any atom is 0.101 e. The molecule has 1 aliphatic rings. The lowest BCUT2D eigenvalue weighted by molar-refractivity contribution is 0.0682. The van der Waals surface area contributed by atoms with Gasteiger partial charge in [-0.15, -0.1) is 0 Å². The Balaban J connectivity index is 1.94. The standard InChI is InChI=1S/C14H17ClN2O/c1-18-13-6-4-11(5-7-13)17-12-3-2-10(9-16)14(15)8-12/h2-3,8,11,13,17H,4-7H2,1H3. The zero-order valence-corrected chi connectivity index (χ0v) is 11.2. The number of nitrogens with zero attached hydrogens (tertiary/aromatic N) is 1. The van der Waals surface area contributed by atoms with Gasteiger partial charge in [-0.25, -0.2) is 0 Å². The van der Waals surface area contributed by atoms with Crippen LogP contribution in [-0.2, 0) is 4.74 Å². The zero-order valence-electron chi connectivity index (χ0n) is 10.4. The van der Waals surface area contributed by atoms with Crippen molar-refractivity contribution in [3.63, 3.8) is 0 Å². The minimum Gasteiger partial charge on any atom is -0.382 e. The second-order valence-electron chi connectivity index (χ2n) is 4.66. The largest absolute Gasteiger partial charge is 0.382 e. The first kappa shape index (κ1) is 13.2. The van der Waals surface area contributed by atoms with E-state index in [-0.39, 0.29) is 0 Å². The summed E-state index contributed by atoms with van der Waals surface area (Å²) in [5.74, 6) is 0. The highest BCUT2D eigenvalue weighted by Gasteiger charge is 2.20. The Morgan fingerprint density at radius 3 is 2.61 bits per heavy atom. The van der Waals surface area contributed by atoms with Gasteiger partial charge in [0.05, 0.1) is 16.7 Å². The quantitative estimate of drug-likeness (QED) is 0.908. The molecule has 0 unspecified atom stereocenters. The van der Waals surface area contributed by atoms with Gasteiger partial charge in [0.1, 0.15) is 6.07 Å². The predicted molar refractivity (Wildman–Crippen MR) is 72.8 cm³/mol. The molecule has 1 aromatic rings. The third kappa shape index (κ3) is 3.16. The second kappa shape index (κ2) is 6.08. The van der Waals surface area contributed by atoms with Gasteiger partial charge < -0.3 is 10.1 Å². The Labute approximate surface area is 113 Å². The molecule has 96 valence electrons. The van der Waals surface area contributed by atoms with Gasteiger partial charge in [0, 0.05) is 18.8 Å². The highest BCUT2D eigenvalue weighted by Crippen LogP contribution is 2.26. The summed E-state index contributed by atoms with van der Waals surface area (Å²) in [6, 6.07) is 8.02. The number of hydrogen-bond acceptors (Lipinski definition) is 3. The number of nitriles is 1. The van der Waals surface area contributed by atoms with E-state index in [0.29, 0.717) is 22.7 Å². The maximum absolute atomic E-state index is 8.82. The van der Waals surface area contributed by atoms with Crippen molar-refractivity contribution in [2.24, 2.45) is 0 Å².